The first-order valence-electron chi connectivity index (χ1n) is 6.77. The van der Waals surface area contributed by atoms with Crippen LogP contribution in [0.5, 0.6) is 5.75 Å². The molecule has 136 valence electrons. The SMILES string of the molecule is CCS(=O)(=O)Oc1cccnc1-c1ccc(S(=O)(=O)C(F)(F)F)cc1. The Morgan fingerprint density at radius 2 is 1.64 bits per heavy atom. The van der Waals surface area contributed by atoms with E-state index in [9.17, 15) is 30.0 Å². The maximum atomic E-state index is 12.5. The molecule has 0 aliphatic rings. The van der Waals surface area contributed by atoms with Crippen LogP contribution in [0.2, 0.25) is 0 Å². The molecule has 1 aromatic heterocycles. The van der Waals surface area contributed by atoms with Crippen LogP contribution in [0, 0.1) is 0 Å². The number of hydrogen-bond acceptors (Lipinski definition) is 6. The van der Waals surface area contributed by atoms with E-state index in [1.807, 2.05) is 0 Å². The van der Waals surface area contributed by atoms with Gasteiger partial charge in [0.25, 0.3) is 9.84 Å². The molecule has 0 N–H and O–H groups in total. The molecule has 11 heteroatoms. The third-order valence-corrected chi connectivity index (χ3v) is 5.73. The molecule has 0 amide bonds. The summed E-state index contributed by atoms with van der Waals surface area (Å²) in [6, 6.07) is 6.47. The predicted octanol–water partition coefficient (Wildman–Crippen LogP) is 2.77. The number of pyridine rings is 1. The molecule has 1 heterocycles. The molecule has 0 spiro atoms. The molecule has 0 atom stereocenters. The number of rotatable bonds is 5. The minimum absolute atomic E-state index is 0.0514. The lowest BCUT2D eigenvalue weighted by Gasteiger charge is -2.11. The second-order valence-corrected chi connectivity index (χ2v) is 8.55. The molecule has 2 aromatic rings. The Hall–Kier alpha value is -2.14. The molecule has 1 aromatic carbocycles. The Morgan fingerprint density at radius 3 is 2.16 bits per heavy atom. The van der Waals surface area contributed by atoms with Gasteiger partial charge in [0.15, 0.2) is 5.75 Å². The molecule has 0 bridgehead atoms. The number of alkyl halides is 3. The number of benzene rings is 1. The largest absolute Gasteiger partial charge is 0.501 e. The molecule has 0 saturated carbocycles. The van der Waals surface area contributed by atoms with Crippen LogP contribution in [0.3, 0.4) is 0 Å². The van der Waals surface area contributed by atoms with Gasteiger partial charge >= 0.3 is 15.6 Å². The quantitative estimate of drug-likeness (QED) is 0.723. The highest BCUT2D eigenvalue weighted by Crippen LogP contribution is 2.33. The lowest BCUT2D eigenvalue weighted by Crippen LogP contribution is -2.23. The molecule has 25 heavy (non-hydrogen) atoms. The maximum Gasteiger partial charge on any atom is 0.501 e. The Morgan fingerprint density at radius 1 is 1.04 bits per heavy atom. The molecule has 6 nitrogen and oxygen atoms in total. The number of halogens is 3. The van der Waals surface area contributed by atoms with Crippen LogP contribution in [0.4, 0.5) is 13.2 Å². The van der Waals surface area contributed by atoms with Crippen molar-refractivity contribution >= 4 is 20.0 Å². The van der Waals surface area contributed by atoms with E-state index in [4.69, 9.17) is 4.18 Å². The Balaban J connectivity index is 2.46. The zero-order chi connectivity index (χ0) is 18.9. The zero-order valence-electron chi connectivity index (χ0n) is 12.7. The Labute approximate surface area is 142 Å². The number of aromatic nitrogens is 1. The van der Waals surface area contributed by atoms with Gasteiger partial charge in [0.2, 0.25) is 0 Å². The summed E-state index contributed by atoms with van der Waals surface area (Å²) in [4.78, 5) is 3.02. The van der Waals surface area contributed by atoms with Crippen LogP contribution in [-0.4, -0.2) is 33.1 Å². The van der Waals surface area contributed by atoms with Gasteiger partial charge in [-0.3, -0.25) is 4.98 Å². The van der Waals surface area contributed by atoms with Gasteiger partial charge in [-0.2, -0.15) is 21.6 Å². The van der Waals surface area contributed by atoms with Crippen molar-refractivity contribution in [1.82, 2.24) is 4.98 Å². The summed E-state index contributed by atoms with van der Waals surface area (Å²) in [7, 11) is -9.30. The van der Waals surface area contributed by atoms with Crippen LogP contribution >= 0.6 is 0 Å². The van der Waals surface area contributed by atoms with E-state index in [0.717, 1.165) is 24.3 Å². The lowest BCUT2D eigenvalue weighted by molar-refractivity contribution is -0.0436. The predicted molar refractivity (Wildman–Crippen MR) is 83.0 cm³/mol. The molecule has 0 radical (unpaired) electrons. The summed E-state index contributed by atoms with van der Waals surface area (Å²) in [6.07, 6.45) is 1.33. The Bertz CT molecular complexity index is 968. The fraction of sp³-hybridized carbons (Fsp3) is 0.214. The molecule has 0 aliphatic heterocycles. The maximum absolute atomic E-state index is 12.5. The van der Waals surface area contributed by atoms with Crippen LogP contribution in [0.1, 0.15) is 6.92 Å². The summed E-state index contributed by atoms with van der Waals surface area (Å²) in [5.74, 6) is -0.403. The van der Waals surface area contributed by atoms with E-state index in [0.29, 0.717) is 0 Å². The zero-order valence-corrected chi connectivity index (χ0v) is 14.3. The molecular weight excluding hydrogens is 383 g/mol. The van der Waals surface area contributed by atoms with Gasteiger partial charge in [-0.05, 0) is 31.2 Å². The number of nitrogens with zero attached hydrogens (tertiary/aromatic N) is 1. The highest BCUT2D eigenvalue weighted by molar-refractivity contribution is 7.92. The van der Waals surface area contributed by atoms with Crippen LogP contribution in [0.15, 0.2) is 47.5 Å². The highest BCUT2D eigenvalue weighted by atomic mass is 32.2. The average Bonchev–Trinajstić information content (AvgIpc) is 2.54. The van der Waals surface area contributed by atoms with E-state index < -0.39 is 30.4 Å². The van der Waals surface area contributed by atoms with Crippen LogP contribution in [-0.2, 0) is 20.0 Å². The normalized spacial score (nSPS) is 12.8. The lowest BCUT2D eigenvalue weighted by atomic mass is 10.1. The van der Waals surface area contributed by atoms with Crippen molar-refractivity contribution in [3.63, 3.8) is 0 Å². The monoisotopic (exact) mass is 395 g/mol. The van der Waals surface area contributed by atoms with Gasteiger partial charge < -0.3 is 4.18 Å². The van der Waals surface area contributed by atoms with Crippen molar-refractivity contribution < 1.29 is 34.2 Å². The number of sulfone groups is 1. The average molecular weight is 395 g/mol. The second-order valence-electron chi connectivity index (χ2n) is 4.75. The molecule has 0 fully saturated rings. The molecule has 2 rings (SSSR count). The minimum Gasteiger partial charge on any atom is -0.380 e. The van der Waals surface area contributed by atoms with Crippen molar-refractivity contribution in [3.8, 4) is 17.0 Å². The van der Waals surface area contributed by atoms with Gasteiger partial charge in [0, 0.05) is 11.8 Å². The molecular formula is C14H12F3NO5S2. The first kappa shape index (κ1) is 19.2. The highest BCUT2D eigenvalue weighted by Gasteiger charge is 2.46. The summed E-state index contributed by atoms with van der Waals surface area (Å²) in [5, 5.41) is 0. The number of hydrogen-bond donors (Lipinski definition) is 0. The van der Waals surface area contributed by atoms with E-state index in [1.54, 1.807) is 0 Å². The fourth-order valence-electron chi connectivity index (χ4n) is 1.80. The molecule has 0 aliphatic carbocycles. The van der Waals surface area contributed by atoms with Crippen molar-refractivity contribution in [2.45, 2.75) is 17.3 Å². The topological polar surface area (TPSA) is 90.4 Å². The molecule has 0 saturated heterocycles. The standard InChI is InChI=1S/C14H12F3NO5S2/c1-2-24(19,20)23-12-4-3-9-18-13(12)10-5-7-11(8-6-10)25(21,22)14(15,16)17/h3-9H,2H2,1H3. The van der Waals surface area contributed by atoms with Gasteiger partial charge in [0.1, 0.15) is 5.69 Å². The fourth-order valence-corrected chi connectivity index (χ4v) is 3.08. The summed E-state index contributed by atoms with van der Waals surface area (Å²) in [6.45, 7) is 1.38. The van der Waals surface area contributed by atoms with Crippen molar-refractivity contribution in [2.24, 2.45) is 0 Å². The molecule has 0 unspecified atom stereocenters. The smallest absolute Gasteiger partial charge is 0.380 e. The van der Waals surface area contributed by atoms with Crippen LogP contribution < -0.4 is 4.18 Å². The third kappa shape index (κ3) is 4.10. The van der Waals surface area contributed by atoms with E-state index in [1.165, 1.54) is 25.3 Å². The summed E-state index contributed by atoms with van der Waals surface area (Å²) < 4.78 is 88.4. The van der Waals surface area contributed by atoms with Gasteiger partial charge in [0.05, 0.1) is 10.6 Å². The summed E-state index contributed by atoms with van der Waals surface area (Å²) >= 11 is 0. The first-order valence-corrected chi connectivity index (χ1v) is 9.83. The third-order valence-electron chi connectivity index (χ3n) is 3.08. The van der Waals surface area contributed by atoms with Crippen LogP contribution in [0.25, 0.3) is 11.3 Å². The van der Waals surface area contributed by atoms with E-state index in [-0.39, 0.29) is 22.8 Å². The second kappa shape index (κ2) is 6.64. The Kier molecular flexibility index (Phi) is 5.09. The van der Waals surface area contributed by atoms with Gasteiger partial charge in [-0.15, -0.1) is 0 Å². The first-order chi connectivity index (χ1) is 11.5. The van der Waals surface area contributed by atoms with E-state index in [2.05, 4.69) is 4.98 Å². The van der Waals surface area contributed by atoms with E-state index >= 15 is 0 Å². The van der Waals surface area contributed by atoms with Gasteiger partial charge in [-0.25, -0.2) is 8.42 Å². The van der Waals surface area contributed by atoms with Gasteiger partial charge in [-0.1, -0.05) is 12.1 Å². The summed E-state index contributed by atoms with van der Waals surface area (Å²) in [5.41, 5.74) is -5.17. The van der Waals surface area contributed by atoms with Crippen molar-refractivity contribution in [3.05, 3.63) is 42.6 Å². The van der Waals surface area contributed by atoms with Crippen molar-refractivity contribution in [2.75, 3.05) is 5.75 Å². The minimum atomic E-state index is -5.47. The van der Waals surface area contributed by atoms with Crippen molar-refractivity contribution in [1.29, 1.82) is 0 Å².